The predicted octanol–water partition coefficient (Wildman–Crippen LogP) is 4.79. The first kappa shape index (κ1) is 22.4. The molecule has 1 heterocycles. The lowest BCUT2D eigenvalue weighted by Crippen LogP contribution is -2.49. The maximum atomic E-state index is 13.9. The fourth-order valence-electron chi connectivity index (χ4n) is 4.22. The van der Waals surface area contributed by atoms with Crippen LogP contribution in [-0.4, -0.2) is 30.8 Å². The van der Waals surface area contributed by atoms with Gasteiger partial charge in [0.05, 0.1) is 6.61 Å². The van der Waals surface area contributed by atoms with E-state index in [1.165, 1.54) is 0 Å². The van der Waals surface area contributed by atoms with Gasteiger partial charge in [0, 0.05) is 17.1 Å². The molecule has 4 rings (SSSR count). The highest BCUT2D eigenvalue weighted by Gasteiger charge is 2.51. The predicted molar refractivity (Wildman–Crippen MR) is 131 cm³/mol. The third-order valence-electron chi connectivity index (χ3n) is 5.66. The highest BCUT2D eigenvalue weighted by Crippen LogP contribution is 2.35. The lowest BCUT2D eigenvalue weighted by Gasteiger charge is -2.31. The molecule has 0 aromatic heterocycles. The van der Waals surface area contributed by atoms with E-state index in [4.69, 9.17) is 4.74 Å². The Balaban J connectivity index is 1.87. The number of benzene rings is 3. The van der Waals surface area contributed by atoms with Gasteiger partial charge in [-0.05, 0) is 80.8 Å². The van der Waals surface area contributed by atoms with Gasteiger partial charge in [-0.2, -0.15) is 0 Å². The summed E-state index contributed by atoms with van der Waals surface area (Å²) in [5, 5.41) is 3.37. The van der Waals surface area contributed by atoms with E-state index < -0.39 is 18.3 Å². The molecule has 170 valence electrons. The second-order valence-corrected chi connectivity index (χ2v) is 8.34. The second kappa shape index (κ2) is 9.36. The number of aryl methyl sites for hydroxylation is 3. The summed E-state index contributed by atoms with van der Waals surface area (Å²) in [6.45, 7) is 7.95. The first-order valence-corrected chi connectivity index (χ1v) is 11.1. The van der Waals surface area contributed by atoms with Gasteiger partial charge in [-0.1, -0.05) is 36.4 Å². The summed E-state index contributed by atoms with van der Waals surface area (Å²) in [5.74, 6) is -0.691. The Hall–Kier alpha value is -3.80. The molecule has 0 aliphatic carbocycles. The van der Waals surface area contributed by atoms with Gasteiger partial charge in [0.25, 0.3) is 5.91 Å². The summed E-state index contributed by atoms with van der Waals surface area (Å²) in [7, 11) is 0. The largest absolute Gasteiger partial charge is 0.463 e. The van der Waals surface area contributed by atoms with Crippen molar-refractivity contribution in [3.8, 4) is 0 Å². The average Bonchev–Trinajstić information content (AvgIpc) is 3.06. The molecule has 2 unspecified atom stereocenters. The number of carbonyl (C=O) groups is 2. The molecule has 1 saturated heterocycles. The summed E-state index contributed by atoms with van der Waals surface area (Å²) in [5.41, 5.74) is 5.33. The monoisotopic (exact) mass is 443 g/mol. The molecule has 33 heavy (non-hydrogen) atoms. The summed E-state index contributed by atoms with van der Waals surface area (Å²) in [6, 6.07) is 23.3. The van der Waals surface area contributed by atoms with Crippen LogP contribution in [0.25, 0.3) is 0 Å². The van der Waals surface area contributed by atoms with Crippen LogP contribution in [0, 0.1) is 20.8 Å². The number of ether oxygens (including phenoxy) is 1. The fraction of sp³-hybridized carbons (Fsp3) is 0.259. The highest BCUT2D eigenvalue weighted by atomic mass is 16.5. The van der Waals surface area contributed by atoms with Gasteiger partial charge in [-0.25, -0.2) is 4.79 Å². The SMILES string of the molecule is CCOC(=O)C1N(c2cccc(C)c2)C(=O)C(Nc2cccc(C)c2)N1c1cccc(C)c1. The summed E-state index contributed by atoms with van der Waals surface area (Å²) < 4.78 is 5.45. The molecule has 3 aromatic carbocycles. The van der Waals surface area contributed by atoms with Crippen LogP contribution in [0.5, 0.6) is 0 Å². The first-order valence-electron chi connectivity index (χ1n) is 11.1. The van der Waals surface area contributed by atoms with Gasteiger partial charge in [-0.3, -0.25) is 9.69 Å². The van der Waals surface area contributed by atoms with Gasteiger partial charge >= 0.3 is 5.97 Å². The third kappa shape index (κ3) is 4.55. The Bertz CT molecular complexity index is 1180. The van der Waals surface area contributed by atoms with Crippen molar-refractivity contribution < 1.29 is 14.3 Å². The number of hydrogen-bond donors (Lipinski definition) is 1. The van der Waals surface area contributed by atoms with Gasteiger partial charge in [0.2, 0.25) is 6.17 Å². The van der Waals surface area contributed by atoms with E-state index in [0.717, 1.165) is 28.1 Å². The van der Waals surface area contributed by atoms with Crippen molar-refractivity contribution in [2.45, 2.75) is 40.0 Å². The maximum absolute atomic E-state index is 13.9. The lowest BCUT2D eigenvalue weighted by molar-refractivity contribution is -0.144. The molecule has 0 radical (unpaired) electrons. The number of anilines is 3. The van der Waals surface area contributed by atoms with Crippen LogP contribution in [0.3, 0.4) is 0 Å². The molecule has 6 nitrogen and oxygen atoms in total. The molecule has 6 heteroatoms. The van der Waals surface area contributed by atoms with Crippen LogP contribution >= 0.6 is 0 Å². The van der Waals surface area contributed by atoms with Crippen molar-refractivity contribution in [1.29, 1.82) is 0 Å². The van der Waals surface area contributed by atoms with Gasteiger partial charge in [0.1, 0.15) is 0 Å². The molecule has 1 N–H and O–H groups in total. The van der Waals surface area contributed by atoms with Crippen molar-refractivity contribution in [2.75, 3.05) is 21.7 Å². The summed E-state index contributed by atoms with van der Waals surface area (Å²) in [6.07, 6.45) is -1.73. The summed E-state index contributed by atoms with van der Waals surface area (Å²) in [4.78, 5) is 30.6. The zero-order valence-electron chi connectivity index (χ0n) is 19.4. The van der Waals surface area contributed by atoms with Crippen molar-refractivity contribution in [1.82, 2.24) is 0 Å². The Kier molecular flexibility index (Phi) is 6.36. The Labute approximate surface area is 194 Å². The number of hydrogen-bond acceptors (Lipinski definition) is 5. The standard InChI is InChI=1S/C27H29N3O3/c1-5-33-27(32)25-29(22-13-7-10-19(3)16-22)24(28-21-12-6-9-18(2)15-21)26(31)30(25)23-14-8-11-20(4)17-23/h6-17,24-25,28H,5H2,1-4H3. The van der Waals surface area contributed by atoms with Crippen LogP contribution in [-0.2, 0) is 14.3 Å². The zero-order chi connectivity index (χ0) is 23.5. The first-order chi connectivity index (χ1) is 15.9. The molecule has 3 aromatic rings. The number of amides is 1. The smallest absolute Gasteiger partial charge is 0.350 e. The quantitative estimate of drug-likeness (QED) is 0.555. The van der Waals surface area contributed by atoms with E-state index >= 15 is 0 Å². The molecule has 1 amide bonds. The Morgan fingerprint density at radius 2 is 1.45 bits per heavy atom. The van der Waals surface area contributed by atoms with Gasteiger partial charge in [0.15, 0.2) is 6.17 Å². The molecule has 1 aliphatic rings. The van der Waals surface area contributed by atoms with E-state index in [0.29, 0.717) is 5.69 Å². The zero-order valence-corrected chi connectivity index (χ0v) is 19.4. The minimum absolute atomic E-state index is 0.221. The van der Waals surface area contributed by atoms with E-state index in [9.17, 15) is 9.59 Å². The van der Waals surface area contributed by atoms with E-state index in [2.05, 4.69) is 5.32 Å². The van der Waals surface area contributed by atoms with Crippen molar-refractivity contribution in [3.63, 3.8) is 0 Å². The number of rotatable bonds is 6. The van der Waals surface area contributed by atoms with Crippen LogP contribution in [0.1, 0.15) is 23.6 Å². The van der Waals surface area contributed by atoms with Gasteiger partial charge in [-0.15, -0.1) is 0 Å². The van der Waals surface area contributed by atoms with E-state index in [1.54, 1.807) is 11.8 Å². The molecular formula is C27H29N3O3. The average molecular weight is 444 g/mol. The van der Waals surface area contributed by atoms with Crippen molar-refractivity contribution >= 4 is 28.9 Å². The molecule has 0 saturated carbocycles. The number of nitrogens with zero attached hydrogens (tertiary/aromatic N) is 2. The highest BCUT2D eigenvalue weighted by molar-refractivity contribution is 6.10. The van der Waals surface area contributed by atoms with Crippen molar-refractivity contribution in [2.24, 2.45) is 0 Å². The van der Waals surface area contributed by atoms with Crippen LogP contribution in [0.2, 0.25) is 0 Å². The number of carbonyl (C=O) groups excluding carboxylic acids is 2. The third-order valence-corrected chi connectivity index (χ3v) is 5.66. The normalized spacial score (nSPS) is 17.9. The summed E-state index contributed by atoms with van der Waals surface area (Å²) >= 11 is 0. The van der Waals surface area contributed by atoms with Gasteiger partial charge < -0.3 is 15.0 Å². The molecule has 1 aliphatic heterocycles. The van der Waals surface area contributed by atoms with Crippen LogP contribution in [0.15, 0.2) is 72.8 Å². The molecule has 0 spiro atoms. The second-order valence-electron chi connectivity index (χ2n) is 8.34. The Morgan fingerprint density at radius 1 is 0.879 bits per heavy atom. The minimum Gasteiger partial charge on any atom is -0.463 e. The topological polar surface area (TPSA) is 61.9 Å². The van der Waals surface area contributed by atoms with Crippen molar-refractivity contribution in [3.05, 3.63) is 89.5 Å². The minimum atomic E-state index is -0.941. The molecule has 0 bridgehead atoms. The van der Waals surface area contributed by atoms with E-state index in [1.807, 2.05) is 98.5 Å². The fourth-order valence-corrected chi connectivity index (χ4v) is 4.22. The Morgan fingerprint density at radius 3 is 2.06 bits per heavy atom. The molecular weight excluding hydrogens is 414 g/mol. The van der Waals surface area contributed by atoms with Crippen LogP contribution in [0.4, 0.5) is 17.1 Å². The lowest BCUT2D eigenvalue weighted by atomic mass is 10.2. The molecule has 1 fully saturated rings. The van der Waals surface area contributed by atoms with E-state index in [-0.39, 0.29) is 12.5 Å². The number of nitrogens with one attached hydrogen (secondary N) is 1. The number of esters is 1. The maximum Gasteiger partial charge on any atom is 0.350 e. The van der Waals surface area contributed by atoms with Crippen LogP contribution < -0.4 is 15.1 Å². The molecule has 2 atom stereocenters.